The Morgan fingerprint density at radius 3 is 2.81 bits per heavy atom. The van der Waals surface area contributed by atoms with Crippen molar-refractivity contribution in [1.82, 2.24) is 4.98 Å². The van der Waals surface area contributed by atoms with E-state index in [1.165, 1.54) is 0 Å². The second kappa shape index (κ2) is 5.88. The van der Waals surface area contributed by atoms with E-state index in [1.807, 2.05) is 13.0 Å². The second-order valence-corrected chi connectivity index (χ2v) is 5.01. The van der Waals surface area contributed by atoms with Gasteiger partial charge < -0.3 is 10.4 Å². The van der Waals surface area contributed by atoms with E-state index in [-0.39, 0.29) is 17.1 Å². The molecule has 2 rings (SSSR count). The lowest BCUT2D eigenvalue weighted by Crippen LogP contribution is -2.06. The number of nitrogens with one attached hydrogen (secondary N) is 1. The van der Waals surface area contributed by atoms with Gasteiger partial charge in [0.15, 0.2) is 0 Å². The van der Waals surface area contributed by atoms with Crippen molar-refractivity contribution < 1.29 is 14.8 Å². The molecule has 1 heterocycles. The Hall–Kier alpha value is -2.48. The van der Waals surface area contributed by atoms with Gasteiger partial charge in [-0.1, -0.05) is 12.1 Å². The molecule has 7 nitrogen and oxygen atoms in total. The molecule has 0 saturated heterocycles. The number of carbonyl (C=O) groups is 1. The van der Waals surface area contributed by atoms with E-state index in [0.717, 1.165) is 22.3 Å². The maximum atomic E-state index is 11.2. The summed E-state index contributed by atoms with van der Waals surface area (Å²) in [6, 6.07) is 6.40. The molecule has 0 fully saturated rings. The first-order valence-corrected chi connectivity index (χ1v) is 6.59. The second-order valence-electron chi connectivity index (χ2n) is 4.21. The Balaban J connectivity index is 2.46. The monoisotopic (exact) mass is 351 g/mol. The van der Waals surface area contributed by atoms with Crippen molar-refractivity contribution in [3.63, 3.8) is 0 Å². The fraction of sp³-hybridized carbons (Fsp3) is 0.0769. The van der Waals surface area contributed by atoms with Crippen LogP contribution in [0.3, 0.4) is 0 Å². The minimum absolute atomic E-state index is 0.0411. The van der Waals surface area contributed by atoms with Crippen LogP contribution in [0.1, 0.15) is 15.9 Å². The average Bonchev–Trinajstić information content (AvgIpc) is 2.43. The van der Waals surface area contributed by atoms with Crippen LogP contribution in [-0.2, 0) is 0 Å². The summed E-state index contributed by atoms with van der Waals surface area (Å²) in [4.78, 5) is 25.1. The Morgan fingerprint density at radius 2 is 2.19 bits per heavy atom. The zero-order chi connectivity index (χ0) is 15.6. The zero-order valence-electron chi connectivity index (χ0n) is 10.8. The smallest absolute Gasteiger partial charge is 0.339 e. The van der Waals surface area contributed by atoms with Crippen LogP contribution in [0.4, 0.5) is 17.2 Å². The van der Waals surface area contributed by atoms with Gasteiger partial charge in [0.25, 0.3) is 5.69 Å². The number of benzene rings is 1. The largest absolute Gasteiger partial charge is 0.478 e. The molecule has 0 unspecified atom stereocenters. The van der Waals surface area contributed by atoms with Crippen LogP contribution in [-0.4, -0.2) is 21.0 Å². The SMILES string of the molecule is Cc1cccc(Nc2ncc([N+](=O)[O-])cc2C(=O)O)c1Br. The summed E-state index contributed by atoms with van der Waals surface area (Å²) in [5.74, 6) is -1.25. The molecule has 0 saturated carbocycles. The molecule has 1 aromatic heterocycles. The number of aryl methyl sites for hydroxylation is 1. The number of anilines is 2. The highest BCUT2D eigenvalue weighted by Gasteiger charge is 2.18. The third kappa shape index (κ3) is 3.16. The van der Waals surface area contributed by atoms with Gasteiger partial charge in [-0.3, -0.25) is 10.1 Å². The number of hydrogen-bond acceptors (Lipinski definition) is 5. The van der Waals surface area contributed by atoms with E-state index in [9.17, 15) is 14.9 Å². The number of aromatic carboxylic acids is 1. The molecule has 0 aliphatic carbocycles. The summed E-state index contributed by atoms with van der Waals surface area (Å²) in [5, 5.41) is 22.7. The van der Waals surface area contributed by atoms with Gasteiger partial charge in [-0.05, 0) is 34.5 Å². The molecule has 0 amide bonds. The predicted octanol–water partition coefficient (Wildman–Crippen LogP) is 3.50. The number of aromatic nitrogens is 1. The molecule has 8 heteroatoms. The lowest BCUT2D eigenvalue weighted by Gasteiger charge is -2.11. The minimum atomic E-state index is -1.29. The third-order valence-electron chi connectivity index (χ3n) is 2.76. The third-order valence-corrected chi connectivity index (χ3v) is 3.81. The normalized spacial score (nSPS) is 10.2. The van der Waals surface area contributed by atoms with Crippen LogP contribution < -0.4 is 5.32 Å². The van der Waals surface area contributed by atoms with Crippen molar-refractivity contribution in [3.05, 3.63) is 56.2 Å². The number of nitrogens with zero attached hydrogens (tertiary/aromatic N) is 2. The fourth-order valence-electron chi connectivity index (χ4n) is 1.69. The average molecular weight is 352 g/mol. The number of nitro groups is 1. The maximum absolute atomic E-state index is 11.2. The van der Waals surface area contributed by atoms with Crippen molar-refractivity contribution in [3.8, 4) is 0 Å². The highest BCUT2D eigenvalue weighted by Crippen LogP contribution is 2.30. The number of halogens is 1. The van der Waals surface area contributed by atoms with Crippen molar-refractivity contribution >= 4 is 39.1 Å². The highest BCUT2D eigenvalue weighted by atomic mass is 79.9. The van der Waals surface area contributed by atoms with E-state index in [2.05, 4.69) is 26.2 Å². The first-order chi connectivity index (χ1) is 9.90. The lowest BCUT2D eigenvalue weighted by atomic mass is 10.2. The van der Waals surface area contributed by atoms with Gasteiger partial charge in [0.2, 0.25) is 0 Å². The molecule has 0 aliphatic rings. The fourth-order valence-corrected chi connectivity index (χ4v) is 2.05. The molecule has 0 spiro atoms. The van der Waals surface area contributed by atoms with Gasteiger partial charge in [-0.15, -0.1) is 0 Å². The van der Waals surface area contributed by atoms with E-state index in [4.69, 9.17) is 5.11 Å². The van der Waals surface area contributed by atoms with Crippen LogP contribution in [0.5, 0.6) is 0 Å². The molecular weight excluding hydrogens is 342 g/mol. The summed E-state index contributed by atoms with van der Waals surface area (Å²) in [6.45, 7) is 1.89. The molecule has 0 aliphatic heterocycles. The summed E-state index contributed by atoms with van der Waals surface area (Å²) in [7, 11) is 0. The zero-order valence-corrected chi connectivity index (χ0v) is 12.4. The van der Waals surface area contributed by atoms with Crippen molar-refractivity contribution in [2.24, 2.45) is 0 Å². The van der Waals surface area contributed by atoms with Crippen LogP contribution in [0.2, 0.25) is 0 Å². The van der Waals surface area contributed by atoms with Crippen molar-refractivity contribution in [1.29, 1.82) is 0 Å². The van der Waals surface area contributed by atoms with E-state index in [1.54, 1.807) is 12.1 Å². The Morgan fingerprint density at radius 1 is 1.48 bits per heavy atom. The Labute approximate surface area is 127 Å². The number of hydrogen-bond donors (Lipinski definition) is 2. The number of carboxylic acids is 1. The van der Waals surface area contributed by atoms with Gasteiger partial charge in [-0.2, -0.15) is 0 Å². The standard InChI is InChI=1S/C13H10BrN3O4/c1-7-3-2-4-10(11(7)14)16-12-9(13(18)19)5-8(6-15-12)17(20)21/h2-6H,1H3,(H,15,16)(H,18,19). The molecule has 0 radical (unpaired) electrons. The van der Waals surface area contributed by atoms with Gasteiger partial charge in [-0.25, -0.2) is 9.78 Å². The maximum Gasteiger partial charge on any atom is 0.339 e. The molecule has 2 N–H and O–H groups in total. The van der Waals surface area contributed by atoms with Gasteiger partial charge >= 0.3 is 5.97 Å². The van der Waals surface area contributed by atoms with Gasteiger partial charge in [0.1, 0.15) is 17.6 Å². The summed E-state index contributed by atoms with van der Waals surface area (Å²) >= 11 is 3.39. The Bertz CT molecular complexity index is 733. The first kappa shape index (κ1) is 14.9. The summed E-state index contributed by atoms with van der Waals surface area (Å²) in [5.41, 5.74) is 0.941. The van der Waals surface area contributed by atoms with Crippen molar-refractivity contribution in [2.75, 3.05) is 5.32 Å². The number of pyridine rings is 1. The molecular formula is C13H10BrN3O4. The highest BCUT2D eigenvalue weighted by molar-refractivity contribution is 9.10. The van der Waals surface area contributed by atoms with Crippen LogP contribution in [0.15, 0.2) is 34.9 Å². The molecule has 21 heavy (non-hydrogen) atoms. The van der Waals surface area contributed by atoms with E-state index >= 15 is 0 Å². The molecule has 1 aromatic carbocycles. The minimum Gasteiger partial charge on any atom is -0.478 e. The Kier molecular flexibility index (Phi) is 4.18. The lowest BCUT2D eigenvalue weighted by molar-refractivity contribution is -0.385. The quantitative estimate of drug-likeness (QED) is 0.644. The topological polar surface area (TPSA) is 105 Å². The summed E-state index contributed by atoms with van der Waals surface area (Å²) < 4.78 is 0.765. The molecule has 0 atom stereocenters. The number of rotatable bonds is 4. The molecule has 108 valence electrons. The van der Waals surface area contributed by atoms with E-state index < -0.39 is 10.9 Å². The van der Waals surface area contributed by atoms with Crippen molar-refractivity contribution in [2.45, 2.75) is 6.92 Å². The predicted molar refractivity (Wildman–Crippen MR) is 80.0 cm³/mol. The summed E-state index contributed by atoms with van der Waals surface area (Å²) in [6.07, 6.45) is 1.01. The van der Waals surface area contributed by atoms with Crippen LogP contribution in [0.25, 0.3) is 0 Å². The molecule has 0 bridgehead atoms. The van der Waals surface area contributed by atoms with Crippen LogP contribution >= 0.6 is 15.9 Å². The van der Waals surface area contributed by atoms with Gasteiger partial charge in [0.05, 0.1) is 10.6 Å². The first-order valence-electron chi connectivity index (χ1n) is 5.80. The number of carboxylic acid groups (broad SMARTS) is 1. The van der Waals surface area contributed by atoms with Gasteiger partial charge in [0, 0.05) is 10.5 Å². The van der Waals surface area contributed by atoms with E-state index in [0.29, 0.717) is 5.69 Å². The molecule has 2 aromatic rings. The van der Waals surface area contributed by atoms with Crippen LogP contribution in [0, 0.1) is 17.0 Å².